The largest absolute Gasteiger partial charge is 0.336 e. The van der Waals surface area contributed by atoms with Crippen molar-refractivity contribution in [2.24, 2.45) is 4.99 Å². The van der Waals surface area contributed by atoms with Crippen molar-refractivity contribution in [1.82, 2.24) is 14.9 Å². The third-order valence-corrected chi connectivity index (χ3v) is 5.47. The average molecular weight is 359 g/mol. The van der Waals surface area contributed by atoms with Crippen LogP contribution in [0.15, 0.2) is 41.8 Å². The van der Waals surface area contributed by atoms with Gasteiger partial charge in [0.2, 0.25) is 5.91 Å². The number of aliphatic imine (C=N–C) groups is 1. The first-order chi connectivity index (χ1) is 11.7. The highest BCUT2D eigenvalue weighted by Crippen LogP contribution is 2.26. The van der Waals surface area contributed by atoms with Crippen LogP contribution in [0.3, 0.4) is 0 Å². The Morgan fingerprint density at radius 3 is 3.12 bits per heavy atom. The van der Waals surface area contributed by atoms with E-state index in [2.05, 4.69) is 15.0 Å². The number of hydrogen-bond acceptors (Lipinski definition) is 5. The van der Waals surface area contributed by atoms with Crippen molar-refractivity contribution in [2.45, 2.75) is 19.0 Å². The quantitative estimate of drug-likeness (QED) is 0.828. The molecule has 4 heterocycles. The molecule has 1 unspecified atom stereocenters. The highest BCUT2D eigenvalue weighted by atomic mass is 35.5. The number of pyridine rings is 2. The Morgan fingerprint density at radius 1 is 1.38 bits per heavy atom. The first-order valence-corrected chi connectivity index (χ1v) is 9.10. The van der Waals surface area contributed by atoms with Crippen LogP contribution in [-0.4, -0.2) is 44.2 Å². The van der Waals surface area contributed by atoms with Gasteiger partial charge in [0.05, 0.1) is 5.02 Å². The molecule has 1 amide bonds. The minimum absolute atomic E-state index is 0.0759. The zero-order valence-electron chi connectivity index (χ0n) is 12.9. The van der Waals surface area contributed by atoms with E-state index in [9.17, 15) is 4.79 Å². The van der Waals surface area contributed by atoms with Crippen molar-refractivity contribution in [1.29, 1.82) is 0 Å². The normalized spacial score (nSPS) is 19.8. The molecule has 0 bridgehead atoms. The summed E-state index contributed by atoms with van der Waals surface area (Å²) in [5.74, 6) is 0.757. The molecule has 0 saturated heterocycles. The summed E-state index contributed by atoms with van der Waals surface area (Å²) in [6, 6.07) is 5.43. The van der Waals surface area contributed by atoms with Gasteiger partial charge >= 0.3 is 0 Å². The van der Waals surface area contributed by atoms with Gasteiger partial charge in [-0.3, -0.25) is 19.8 Å². The summed E-state index contributed by atoms with van der Waals surface area (Å²) in [5.41, 5.74) is 3.03. The summed E-state index contributed by atoms with van der Waals surface area (Å²) in [4.78, 5) is 27.8. The second-order valence-electron chi connectivity index (χ2n) is 5.77. The van der Waals surface area contributed by atoms with Crippen molar-refractivity contribution in [3.8, 4) is 0 Å². The van der Waals surface area contributed by atoms with Crippen LogP contribution in [0.4, 0.5) is 0 Å². The van der Waals surface area contributed by atoms with Crippen LogP contribution in [0.1, 0.15) is 16.8 Å². The zero-order valence-corrected chi connectivity index (χ0v) is 14.4. The van der Waals surface area contributed by atoms with E-state index in [0.29, 0.717) is 23.9 Å². The van der Waals surface area contributed by atoms with Gasteiger partial charge in [-0.05, 0) is 23.8 Å². The first-order valence-electron chi connectivity index (χ1n) is 7.74. The Labute approximate surface area is 149 Å². The van der Waals surface area contributed by atoms with Gasteiger partial charge in [0, 0.05) is 55.1 Å². The monoisotopic (exact) mass is 358 g/mol. The fraction of sp³-hybridized carbons (Fsp3) is 0.294. The SMILES string of the molecule is O=C(C1CSC(c2cccnc2)=N1)N1CCc2ncc(Cl)cc2C1. The summed E-state index contributed by atoms with van der Waals surface area (Å²) in [5, 5.41) is 1.50. The van der Waals surface area contributed by atoms with Crippen molar-refractivity contribution in [3.63, 3.8) is 0 Å². The molecule has 0 aromatic carbocycles. The predicted molar refractivity (Wildman–Crippen MR) is 95.4 cm³/mol. The predicted octanol–water partition coefficient (Wildman–Crippen LogP) is 2.58. The number of carbonyl (C=O) groups excluding carboxylic acids is 1. The molecule has 24 heavy (non-hydrogen) atoms. The van der Waals surface area contributed by atoms with E-state index in [1.165, 1.54) is 0 Å². The summed E-state index contributed by atoms with van der Waals surface area (Å²) in [7, 11) is 0. The van der Waals surface area contributed by atoms with Gasteiger partial charge in [0.1, 0.15) is 11.1 Å². The maximum absolute atomic E-state index is 12.8. The van der Waals surface area contributed by atoms with Crippen molar-refractivity contribution in [3.05, 3.63) is 58.6 Å². The van der Waals surface area contributed by atoms with E-state index in [4.69, 9.17) is 11.6 Å². The van der Waals surface area contributed by atoms with Crippen molar-refractivity contribution >= 4 is 34.3 Å². The van der Waals surface area contributed by atoms with Crippen LogP contribution in [0.5, 0.6) is 0 Å². The Morgan fingerprint density at radius 2 is 2.29 bits per heavy atom. The summed E-state index contributed by atoms with van der Waals surface area (Å²) < 4.78 is 0. The smallest absolute Gasteiger partial charge is 0.248 e. The molecule has 2 aliphatic rings. The Kier molecular flexibility index (Phi) is 4.24. The van der Waals surface area contributed by atoms with Gasteiger partial charge in [-0.1, -0.05) is 11.6 Å². The van der Waals surface area contributed by atoms with Crippen molar-refractivity contribution < 1.29 is 4.79 Å². The van der Waals surface area contributed by atoms with Gasteiger partial charge in [-0.15, -0.1) is 11.8 Å². The maximum Gasteiger partial charge on any atom is 0.248 e. The van der Waals surface area contributed by atoms with E-state index in [-0.39, 0.29) is 11.9 Å². The summed E-state index contributed by atoms with van der Waals surface area (Å²) in [6.45, 7) is 1.24. The highest BCUT2D eigenvalue weighted by Gasteiger charge is 2.31. The minimum atomic E-state index is -0.320. The number of thioether (sulfide) groups is 1. The standard InChI is InChI=1S/C17H15ClN4OS/c18-13-6-12-9-22(5-3-14(12)20-8-13)17(23)15-10-24-16(21-15)11-2-1-4-19-7-11/h1-2,4,6-8,15H,3,5,9-10H2. The molecule has 4 rings (SSSR count). The van der Waals surface area contributed by atoms with Gasteiger partial charge < -0.3 is 4.90 Å². The van der Waals surface area contributed by atoms with Gasteiger partial charge in [-0.2, -0.15) is 0 Å². The third kappa shape index (κ3) is 3.03. The molecule has 5 nitrogen and oxygen atoms in total. The third-order valence-electron chi connectivity index (χ3n) is 4.16. The molecule has 122 valence electrons. The van der Waals surface area contributed by atoms with E-state index < -0.39 is 0 Å². The number of hydrogen-bond donors (Lipinski definition) is 0. The molecule has 0 N–H and O–H groups in total. The van der Waals surface area contributed by atoms with E-state index in [0.717, 1.165) is 28.3 Å². The van der Waals surface area contributed by atoms with E-state index in [1.807, 2.05) is 23.1 Å². The fourth-order valence-electron chi connectivity index (χ4n) is 2.94. The molecular formula is C17H15ClN4OS. The van der Waals surface area contributed by atoms with Gasteiger partial charge in [0.15, 0.2) is 0 Å². The second-order valence-corrected chi connectivity index (χ2v) is 7.22. The minimum Gasteiger partial charge on any atom is -0.336 e. The Bertz CT molecular complexity index is 811. The lowest BCUT2D eigenvalue weighted by molar-refractivity contribution is -0.132. The summed E-state index contributed by atoms with van der Waals surface area (Å²) in [6.07, 6.45) is 5.94. The van der Waals surface area contributed by atoms with Crippen molar-refractivity contribution in [2.75, 3.05) is 12.3 Å². The number of fused-ring (bicyclic) bond motifs is 1. The molecule has 0 aliphatic carbocycles. The molecule has 7 heteroatoms. The van der Waals surface area contributed by atoms with Crippen LogP contribution in [-0.2, 0) is 17.8 Å². The molecule has 1 atom stereocenters. The number of carbonyl (C=O) groups is 1. The van der Waals surface area contributed by atoms with E-state index >= 15 is 0 Å². The molecule has 0 spiro atoms. The molecule has 0 radical (unpaired) electrons. The zero-order chi connectivity index (χ0) is 16.5. The lowest BCUT2D eigenvalue weighted by atomic mass is 10.1. The van der Waals surface area contributed by atoms with Crippen LogP contribution in [0.25, 0.3) is 0 Å². The number of aromatic nitrogens is 2. The van der Waals surface area contributed by atoms with E-state index in [1.54, 1.807) is 30.4 Å². The number of rotatable bonds is 2. The highest BCUT2D eigenvalue weighted by molar-refractivity contribution is 8.14. The average Bonchev–Trinajstić information content (AvgIpc) is 3.11. The molecule has 2 aromatic rings. The fourth-order valence-corrected chi connectivity index (χ4v) is 4.15. The molecule has 2 aromatic heterocycles. The van der Waals surface area contributed by atoms with Gasteiger partial charge in [0.25, 0.3) is 0 Å². The molecule has 0 fully saturated rings. The maximum atomic E-state index is 12.8. The molecular weight excluding hydrogens is 344 g/mol. The molecule has 0 saturated carbocycles. The summed E-state index contributed by atoms with van der Waals surface area (Å²) >= 11 is 7.63. The lowest BCUT2D eigenvalue weighted by Crippen LogP contribution is -2.42. The Hall–Kier alpha value is -1.92. The number of nitrogens with zero attached hydrogens (tertiary/aromatic N) is 4. The topological polar surface area (TPSA) is 58.5 Å². The van der Waals surface area contributed by atoms with Crippen LogP contribution in [0.2, 0.25) is 5.02 Å². The number of amides is 1. The first kappa shape index (κ1) is 15.6. The van der Waals surface area contributed by atoms with Gasteiger partial charge in [-0.25, -0.2) is 0 Å². The lowest BCUT2D eigenvalue weighted by Gasteiger charge is -2.29. The molecule has 2 aliphatic heterocycles. The second kappa shape index (κ2) is 6.53. The van der Waals surface area contributed by atoms with Crippen LogP contribution in [0, 0.1) is 0 Å². The van der Waals surface area contributed by atoms with Crippen LogP contribution < -0.4 is 0 Å². The number of halogens is 1. The Balaban J connectivity index is 1.50. The van der Waals surface area contributed by atoms with Crippen LogP contribution >= 0.6 is 23.4 Å².